The first-order valence-electron chi connectivity index (χ1n) is 6.32. The molecule has 0 atom stereocenters. The molecule has 0 radical (unpaired) electrons. The zero-order chi connectivity index (χ0) is 12.2. The lowest BCUT2D eigenvalue weighted by atomic mass is 10.1. The molecule has 0 heterocycles. The Morgan fingerprint density at radius 1 is 0.938 bits per heavy atom. The summed E-state index contributed by atoms with van der Waals surface area (Å²) in [5.41, 5.74) is 0. The highest BCUT2D eigenvalue weighted by atomic mass is 16.5. The van der Waals surface area contributed by atoms with Gasteiger partial charge in [-0.25, -0.2) is 0 Å². The van der Waals surface area contributed by atoms with E-state index in [0.717, 1.165) is 38.5 Å². The van der Waals surface area contributed by atoms with Gasteiger partial charge in [0, 0.05) is 12.8 Å². The van der Waals surface area contributed by atoms with Crippen molar-refractivity contribution in [2.24, 2.45) is 0 Å². The first-order valence-corrected chi connectivity index (χ1v) is 6.32. The molecule has 0 fully saturated rings. The van der Waals surface area contributed by atoms with Crippen LogP contribution in [0.5, 0.6) is 0 Å². The van der Waals surface area contributed by atoms with Crippen molar-refractivity contribution < 1.29 is 14.3 Å². The van der Waals surface area contributed by atoms with Gasteiger partial charge >= 0.3 is 5.97 Å². The van der Waals surface area contributed by atoms with E-state index in [4.69, 9.17) is 4.74 Å². The van der Waals surface area contributed by atoms with Gasteiger partial charge < -0.3 is 9.53 Å². The van der Waals surface area contributed by atoms with Gasteiger partial charge in [0.25, 0.3) is 0 Å². The average Bonchev–Trinajstić information content (AvgIpc) is 2.23. The fourth-order valence-electron chi connectivity index (χ4n) is 1.43. The second-order valence-electron chi connectivity index (χ2n) is 4.19. The van der Waals surface area contributed by atoms with E-state index in [1.165, 1.54) is 0 Å². The summed E-state index contributed by atoms with van der Waals surface area (Å²) in [6.45, 7) is 4.28. The zero-order valence-corrected chi connectivity index (χ0v) is 10.6. The van der Waals surface area contributed by atoms with E-state index in [9.17, 15) is 9.59 Å². The molecule has 0 rings (SSSR count). The molecule has 0 aliphatic heterocycles. The third-order valence-electron chi connectivity index (χ3n) is 2.42. The maximum atomic E-state index is 11.2. The van der Waals surface area contributed by atoms with Gasteiger partial charge in [0.1, 0.15) is 5.78 Å². The first-order chi connectivity index (χ1) is 7.66. The molecule has 3 nitrogen and oxygen atoms in total. The Morgan fingerprint density at radius 2 is 1.62 bits per heavy atom. The molecule has 0 aromatic heterocycles. The highest BCUT2D eigenvalue weighted by Gasteiger charge is 2.02. The van der Waals surface area contributed by atoms with E-state index >= 15 is 0 Å². The fraction of sp³-hybridized carbons (Fsp3) is 0.846. The van der Waals surface area contributed by atoms with Gasteiger partial charge in [0.15, 0.2) is 0 Å². The third-order valence-corrected chi connectivity index (χ3v) is 2.42. The van der Waals surface area contributed by atoms with Crippen molar-refractivity contribution in [3.05, 3.63) is 0 Å². The van der Waals surface area contributed by atoms with E-state index in [1.807, 2.05) is 0 Å². The summed E-state index contributed by atoms with van der Waals surface area (Å²) in [6.07, 6.45) is 7.00. The van der Waals surface area contributed by atoms with Gasteiger partial charge in [0.2, 0.25) is 0 Å². The molecule has 0 N–H and O–H groups in total. The van der Waals surface area contributed by atoms with E-state index < -0.39 is 0 Å². The normalized spacial score (nSPS) is 10.1. The molecular weight excluding hydrogens is 204 g/mol. The van der Waals surface area contributed by atoms with Crippen LogP contribution in [0, 0.1) is 0 Å². The molecule has 0 aromatic rings. The maximum Gasteiger partial charge on any atom is 0.305 e. The van der Waals surface area contributed by atoms with Crippen LogP contribution in [-0.4, -0.2) is 18.4 Å². The molecule has 0 spiro atoms. The highest BCUT2D eigenvalue weighted by Crippen LogP contribution is 2.05. The van der Waals surface area contributed by atoms with Crippen LogP contribution in [0.15, 0.2) is 0 Å². The predicted molar refractivity (Wildman–Crippen MR) is 64.3 cm³/mol. The van der Waals surface area contributed by atoms with E-state index in [2.05, 4.69) is 6.92 Å². The minimum Gasteiger partial charge on any atom is -0.466 e. The molecule has 3 heteroatoms. The van der Waals surface area contributed by atoms with Crippen LogP contribution in [0.4, 0.5) is 0 Å². The summed E-state index contributed by atoms with van der Waals surface area (Å²) in [7, 11) is 0. The number of hydrogen-bond donors (Lipinski definition) is 0. The molecule has 0 amide bonds. The Labute approximate surface area is 98.6 Å². The lowest BCUT2D eigenvalue weighted by Crippen LogP contribution is -2.05. The van der Waals surface area contributed by atoms with Crippen LogP contribution in [-0.2, 0) is 14.3 Å². The fourth-order valence-corrected chi connectivity index (χ4v) is 1.43. The van der Waals surface area contributed by atoms with Gasteiger partial charge in [-0.15, -0.1) is 0 Å². The van der Waals surface area contributed by atoms with Crippen LogP contribution < -0.4 is 0 Å². The van der Waals surface area contributed by atoms with Crippen LogP contribution >= 0.6 is 0 Å². The topological polar surface area (TPSA) is 43.4 Å². The van der Waals surface area contributed by atoms with Crippen molar-refractivity contribution in [2.45, 2.75) is 65.2 Å². The number of esters is 1. The smallest absolute Gasteiger partial charge is 0.305 e. The van der Waals surface area contributed by atoms with Crippen molar-refractivity contribution in [3.8, 4) is 0 Å². The summed E-state index contributed by atoms with van der Waals surface area (Å²) in [4.78, 5) is 21.9. The highest BCUT2D eigenvalue weighted by molar-refractivity contribution is 5.75. The van der Waals surface area contributed by atoms with Crippen molar-refractivity contribution >= 4 is 11.8 Å². The Morgan fingerprint density at radius 3 is 2.25 bits per heavy atom. The van der Waals surface area contributed by atoms with Crippen LogP contribution in [0.25, 0.3) is 0 Å². The number of Topliss-reactive ketones (excluding diaryl/α,β-unsaturated/α-hetero) is 1. The summed E-state index contributed by atoms with van der Waals surface area (Å²) < 4.78 is 5.07. The molecule has 0 aliphatic carbocycles. The SMILES string of the molecule is CCCCCOC(=O)CCCCCC(C)=O. The summed E-state index contributed by atoms with van der Waals surface area (Å²) >= 11 is 0. The number of unbranched alkanes of at least 4 members (excludes halogenated alkanes) is 4. The average molecular weight is 228 g/mol. The third kappa shape index (κ3) is 11.2. The molecular formula is C13H24O3. The summed E-state index contributed by atoms with van der Waals surface area (Å²) in [5.74, 6) is 0.126. The standard InChI is InChI=1S/C13H24O3/c1-3-4-8-11-16-13(15)10-7-5-6-9-12(2)14/h3-11H2,1-2H3. The summed E-state index contributed by atoms with van der Waals surface area (Å²) in [6, 6.07) is 0. The van der Waals surface area contributed by atoms with Crippen LogP contribution in [0.1, 0.15) is 65.2 Å². The molecule has 0 aliphatic rings. The predicted octanol–water partition coefficient (Wildman–Crippen LogP) is 3.26. The lowest BCUT2D eigenvalue weighted by molar-refractivity contribution is -0.143. The monoisotopic (exact) mass is 228 g/mol. The number of hydrogen-bond acceptors (Lipinski definition) is 3. The molecule has 0 aromatic carbocycles. The van der Waals surface area contributed by atoms with E-state index in [1.54, 1.807) is 6.92 Å². The molecule has 94 valence electrons. The molecule has 0 saturated carbocycles. The number of carbonyl (C=O) groups is 2. The minimum atomic E-state index is -0.0982. The molecule has 0 bridgehead atoms. The number of rotatable bonds is 10. The Bertz CT molecular complexity index is 199. The number of ketones is 1. The Hall–Kier alpha value is -0.860. The molecule has 0 unspecified atom stereocenters. The Balaban J connectivity index is 3.20. The van der Waals surface area contributed by atoms with E-state index in [0.29, 0.717) is 19.4 Å². The number of carbonyl (C=O) groups excluding carboxylic acids is 2. The van der Waals surface area contributed by atoms with E-state index in [-0.39, 0.29) is 11.8 Å². The van der Waals surface area contributed by atoms with Gasteiger partial charge in [-0.2, -0.15) is 0 Å². The number of ether oxygens (including phenoxy) is 1. The van der Waals surface area contributed by atoms with Gasteiger partial charge in [-0.3, -0.25) is 4.79 Å². The van der Waals surface area contributed by atoms with Gasteiger partial charge in [-0.1, -0.05) is 26.2 Å². The van der Waals surface area contributed by atoms with Gasteiger partial charge in [0.05, 0.1) is 6.61 Å². The minimum absolute atomic E-state index is 0.0982. The maximum absolute atomic E-state index is 11.2. The Kier molecular flexibility index (Phi) is 10.1. The van der Waals surface area contributed by atoms with Gasteiger partial charge in [-0.05, 0) is 26.2 Å². The van der Waals surface area contributed by atoms with Crippen molar-refractivity contribution in [1.29, 1.82) is 0 Å². The quantitative estimate of drug-likeness (QED) is 0.426. The lowest BCUT2D eigenvalue weighted by Gasteiger charge is -2.03. The zero-order valence-electron chi connectivity index (χ0n) is 10.6. The van der Waals surface area contributed by atoms with Crippen LogP contribution in [0.2, 0.25) is 0 Å². The largest absolute Gasteiger partial charge is 0.466 e. The molecule has 0 saturated heterocycles. The van der Waals surface area contributed by atoms with Crippen LogP contribution in [0.3, 0.4) is 0 Å². The second-order valence-corrected chi connectivity index (χ2v) is 4.19. The molecule has 16 heavy (non-hydrogen) atoms. The van der Waals surface area contributed by atoms with Crippen molar-refractivity contribution in [2.75, 3.05) is 6.61 Å². The van der Waals surface area contributed by atoms with Crippen molar-refractivity contribution in [1.82, 2.24) is 0 Å². The first kappa shape index (κ1) is 15.1. The summed E-state index contributed by atoms with van der Waals surface area (Å²) in [5, 5.41) is 0. The van der Waals surface area contributed by atoms with Crippen molar-refractivity contribution in [3.63, 3.8) is 0 Å². The second kappa shape index (κ2) is 10.7.